The number of hydrogen-bond acceptors (Lipinski definition) is 7. The Morgan fingerprint density at radius 1 is 1.11 bits per heavy atom. The SMILES string of the molecule is Cn1cc(C(=O)Nc2ccc(Nc3cc(-n4cccn4)ncn3)cc2)nn1. The predicted octanol–water partition coefficient (Wildman–Crippen LogP) is 1.79. The van der Waals surface area contributed by atoms with Gasteiger partial charge in [-0.25, -0.2) is 14.6 Å². The second kappa shape index (κ2) is 7.04. The summed E-state index contributed by atoms with van der Waals surface area (Å²) >= 11 is 0. The van der Waals surface area contributed by atoms with Gasteiger partial charge in [-0.1, -0.05) is 5.21 Å². The fourth-order valence-corrected chi connectivity index (χ4v) is 2.38. The number of nitrogens with zero attached hydrogens (tertiary/aromatic N) is 7. The maximum absolute atomic E-state index is 12.1. The van der Waals surface area contributed by atoms with E-state index >= 15 is 0 Å². The molecule has 0 saturated heterocycles. The lowest BCUT2D eigenvalue weighted by atomic mass is 10.2. The van der Waals surface area contributed by atoms with Crippen molar-refractivity contribution in [1.82, 2.24) is 34.7 Å². The number of hydrogen-bond donors (Lipinski definition) is 2. The van der Waals surface area contributed by atoms with E-state index in [0.29, 0.717) is 17.3 Å². The molecule has 0 fully saturated rings. The second-order valence-electron chi connectivity index (χ2n) is 5.65. The zero-order valence-corrected chi connectivity index (χ0v) is 14.3. The Labute approximate surface area is 153 Å². The molecule has 4 aromatic rings. The maximum Gasteiger partial charge on any atom is 0.277 e. The van der Waals surface area contributed by atoms with E-state index in [1.54, 1.807) is 48.5 Å². The summed E-state index contributed by atoms with van der Waals surface area (Å²) in [4.78, 5) is 20.5. The molecule has 10 heteroatoms. The van der Waals surface area contributed by atoms with Crippen LogP contribution in [0.15, 0.2) is 61.3 Å². The van der Waals surface area contributed by atoms with E-state index in [1.807, 2.05) is 18.2 Å². The molecule has 134 valence electrons. The Balaban J connectivity index is 1.44. The van der Waals surface area contributed by atoms with Gasteiger partial charge in [-0.3, -0.25) is 9.48 Å². The van der Waals surface area contributed by atoms with E-state index in [0.717, 1.165) is 5.69 Å². The first-order valence-electron chi connectivity index (χ1n) is 8.04. The number of carbonyl (C=O) groups excluding carboxylic acids is 1. The summed E-state index contributed by atoms with van der Waals surface area (Å²) in [5.74, 6) is 0.973. The van der Waals surface area contributed by atoms with Gasteiger partial charge >= 0.3 is 0 Å². The van der Waals surface area contributed by atoms with Crippen molar-refractivity contribution in [3.05, 3.63) is 67.0 Å². The van der Waals surface area contributed by atoms with Crippen molar-refractivity contribution in [2.24, 2.45) is 7.05 Å². The quantitative estimate of drug-likeness (QED) is 0.557. The molecular weight excluding hydrogens is 346 g/mol. The van der Waals surface area contributed by atoms with Gasteiger partial charge in [-0.2, -0.15) is 5.10 Å². The highest BCUT2D eigenvalue weighted by Gasteiger charge is 2.10. The third-order valence-corrected chi connectivity index (χ3v) is 3.64. The molecule has 0 spiro atoms. The lowest BCUT2D eigenvalue weighted by molar-refractivity contribution is 0.102. The zero-order chi connectivity index (χ0) is 18.6. The van der Waals surface area contributed by atoms with E-state index in [-0.39, 0.29) is 11.6 Å². The summed E-state index contributed by atoms with van der Waals surface area (Å²) in [5, 5.41) is 17.6. The molecule has 1 aromatic carbocycles. The van der Waals surface area contributed by atoms with E-state index in [2.05, 4.69) is 36.0 Å². The number of benzene rings is 1. The summed E-state index contributed by atoms with van der Waals surface area (Å²) in [6.45, 7) is 0. The number of rotatable bonds is 5. The van der Waals surface area contributed by atoms with Crippen molar-refractivity contribution < 1.29 is 4.79 Å². The van der Waals surface area contributed by atoms with Crippen LogP contribution < -0.4 is 10.6 Å². The van der Waals surface area contributed by atoms with Crippen molar-refractivity contribution in [3.63, 3.8) is 0 Å². The lowest BCUT2D eigenvalue weighted by Crippen LogP contribution is -2.12. The lowest BCUT2D eigenvalue weighted by Gasteiger charge is -2.08. The highest BCUT2D eigenvalue weighted by Crippen LogP contribution is 2.18. The standard InChI is InChI=1S/C17H15N9O/c1-25-10-14(23-24-25)17(27)22-13-5-3-12(4-6-13)21-15-9-16(19-11-18-15)26-8-2-7-20-26/h2-11H,1H3,(H,22,27)(H,18,19,21). The molecule has 4 rings (SSSR count). The van der Waals surface area contributed by atoms with Crippen LogP contribution >= 0.6 is 0 Å². The molecule has 0 atom stereocenters. The monoisotopic (exact) mass is 361 g/mol. The van der Waals surface area contributed by atoms with Crippen molar-refractivity contribution >= 4 is 23.1 Å². The number of anilines is 3. The third-order valence-electron chi connectivity index (χ3n) is 3.64. The highest BCUT2D eigenvalue weighted by molar-refractivity contribution is 6.02. The normalized spacial score (nSPS) is 10.6. The molecule has 1 amide bonds. The number of amides is 1. The van der Waals surface area contributed by atoms with Crippen molar-refractivity contribution in [2.45, 2.75) is 0 Å². The summed E-state index contributed by atoms with van der Waals surface area (Å²) in [7, 11) is 1.70. The number of aromatic nitrogens is 7. The molecule has 27 heavy (non-hydrogen) atoms. The molecule has 0 unspecified atom stereocenters. The van der Waals surface area contributed by atoms with Crippen LogP contribution in [0.1, 0.15) is 10.5 Å². The first kappa shape index (κ1) is 16.4. The van der Waals surface area contributed by atoms with Gasteiger partial charge in [0.25, 0.3) is 5.91 Å². The topological polar surface area (TPSA) is 115 Å². The van der Waals surface area contributed by atoms with Crippen molar-refractivity contribution in [2.75, 3.05) is 10.6 Å². The third kappa shape index (κ3) is 3.79. The largest absolute Gasteiger partial charge is 0.340 e. The average Bonchev–Trinajstić information content (AvgIpc) is 3.35. The molecule has 0 bridgehead atoms. The summed E-state index contributed by atoms with van der Waals surface area (Å²) in [6.07, 6.45) is 6.51. The van der Waals surface area contributed by atoms with E-state index in [9.17, 15) is 4.79 Å². The number of aryl methyl sites for hydroxylation is 1. The molecule has 3 heterocycles. The summed E-state index contributed by atoms with van der Waals surface area (Å²) in [5.41, 5.74) is 1.72. The minimum Gasteiger partial charge on any atom is -0.340 e. The van der Waals surface area contributed by atoms with E-state index < -0.39 is 0 Å². The van der Waals surface area contributed by atoms with Gasteiger partial charge in [0, 0.05) is 36.9 Å². The van der Waals surface area contributed by atoms with Crippen molar-refractivity contribution in [1.29, 1.82) is 0 Å². The smallest absolute Gasteiger partial charge is 0.277 e. The number of carbonyl (C=O) groups is 1. The summed E-state index contributed by atoms with van der Waals surface area (Å²) in [6, 6.07) is 10.8. The molecular formula is C17H15N9O. The first-order chi connectivity index (χ1) is 13.2. The minimum absolute atomic E-state index is 0.256. The molecule has 0 aliphatic heterocycles. The maximum atomic E-state index is 12.1. The van der Waals surface area contributed by atoms with Gasteiger partial charge in [0.15, 0.2) is 11.5 Å². The van der Waals surface area contributed by atoms with Gasteiger partial charge in [-0.05, 0) is 30.3 Å². The fraction of sp³-hybridized carbons (Fsp3) is 0.0588. The van der Waals surface area contributed by atoms with Crippen molar-refractivity contribution in [3.8, 4) is 5.82 Å². The van der Waals surface area contributed by atoms with Gasteiger partial charge in [-0.15, -0.1) is 5.10 Å². The highest BCUT2D eigenvalue weighted by atomic mass is 16.2. The average molecular weight is 361 g/mol. The molecule has 0 saturated carbocycles. The fourth-order valence-electron chi connectivity index (χ4n) is 2.38. The Morgan fingerprint density at radius 2 is 1.93 bits per heavy atom. The molecule has 0 aliphatic rings. The van der Waals surface area contributed by atoms with Crippen LogP contribution in [0.4, 0.5) is 17.2 Å². The Kier molecular flexibility index (Phi) is 4.27. The minimum atomic E-state index is -0.316. The van der Waals surface area contributed by atoms with Gasteiger partial charge in [0.1, 0.15) is 12.1 Å². The predicted molar refractivity (Wildman–Crippen MR) is 97.8 cm³/mol. The van der Waals surface area contributed by atoms with Crippen LogP contribution in [0.3, 0.4) is 0 Å². The van der Waals surface area contributed by atoms with Crippen LogP contribution in [-0.4, -0.2) is 40.6 Å². The van der Waals surface area contributed by atoms with Crippen LogP contribution in [0.25, 0.3) is 5.82 Å². The second-order valence-corrected chi connectivity index (χ2v) is 5.65. The number of nitrogens with one attached hydrogen (secondary N) is 2. The Morgan fingerprint density at radius 3 is 2.63 bits per heavy atom. The van der Waals surface area contributed by atoms with Crippen LogP contribution in [0.5, 0.6) is 0 Å². The van der Waals surface area contributed by atoms with Gasteiger partial charge < -0.3 is 10.6 Å². The van der Waals surface area contributed by atoms with Gasteiger partial charge in [0.05, 0.1) is 6.20 Å². The Bertz CT molecular complexity index is 1050. The first-order valence-corrected chi connectivity index (χ1v) is 8.04. The molecule has 3 aromatic heterocycles. The molecule has 0 radical (unpaired) electrons. The summed E-state index contributed by atoms with van der Waals surface area (Å²) < 4.78 is 3.12. The van der Waals surface area contributed by atoms with Crippen LogP contribution in [0, 0.1) is 0 Å². The molecule has 2 N–H and O–H groups in total. The molecule has 0 aliphatic carbocycles. The Hall–Kier alpha value is -4.08. The van der Waals surface area contributed by atoms with Crippen LogP contribution in [0.2, 0.25) is 0 Å². The van der Waals surface area contributed by atoms with Gasteiger partial charge in [0.2, 0.25) is 0 Å². The van der Waals surface area contributed by atoms with Crippen LogP contribution in [-0.2, 0) is 7.05 Å². The zero-order valence-electron chi connectivity index (χ0n) is 14.3. The van der Waals surface area contributed by atoms with E-state index in [1.165, 1.54) is 11.0 Å². The van der Waals surface area contributed by atoms with E-state index in [4.69, 9.17) is 0 Å². The molecule has 10 nitrogen and oxygen atoms in total.